The van der Waals surface area contributed by atoms with Crippen LogP contribution in [0.4, 0.5) is 0 Å². The average Bonchev–Trinajstić information content (AvgIpc) is 3.17. The van der Waals surface area contributed by atoms with Gasteiger partial charge < -0.3 is 18.9 Å². The number of hydrogen-bond acceptors (Lipinski definition) is 6. The molecule has 0 atom stereocenters. The second-order valence-corrected chi connectivity index (χ2v) is 14.7. The molecule has 0 fully saturated rings. The first-order chi connectivity index (χ1) is 24.5. The van der Waals surface area contributed by atoms with Gasteiger partial charge in [0.25, 0.3) is 0 Å². The molecule has 50 heavy (non-hydrogen) atoms. The number of methoxy groups -OCH3 is 2. The Bertz CT molecular complexity index is 1380. The van der Waals surface area contributed by atoms with Gasteiger partial charge in [-0.1, -0.05) is 49.2 Å². The Morgan fingerprint density at radius 2 is 0.780 bits per heavy atom. The van der Waals surface area contributed by atoms with Crippen LogP contribution in [-0.4, -0.2) is 38.9 Å². The molecule has 0 N–H and O–H groups in total. The molecule has 4 nitrogen and oxygen atoms in total. The van der Waals surface area contributed by atoms with Gasteiger partial charge in [-0.2, -0.15) is 0 Å². The van der Waals surface area contributed by atoms with Crippen molar-refractivity contribution >= 4 is 69.9 Å². The van der Waals surface area contributed by atoms with Crippen LogP contribution in [0.5, 0.6) is 23.0 Å². The summed E-state index contributed by atoms with van der Waals surface area (Å²) in [5.41, 5.74) is 4.38. The van der Waals surface area contributed by atoms with Gasteiger partial charge in [0.05, 0.1) is 27.4 Å². The second-order valence-electron chi connectivity index (χ2n) is 11.3. The first-order valence-electron chi connectivity index (χ1n) is 16.8. The van der Waals surface area contributed by atoms with Gasteiger partial charge in [-0.3, -0.25) is 0 Å². The van der Waals surface area contributed by atoms with Crippen molar-refractivity contribution in [1.82, 2.24) is 0 Å². The van der Waals surface area contributed by atoms with Crippen LogP contribution in [-0.2, 0) is 23.5 Å². The summed E-state index contributed by atoms with van der Waals surface area (Å²) in [6, 6.07) is 28.6. The number of hydrogen-bond donors (Lipinski definition) is 0. The minimum absolute atomic E-state index is 0.442. The van der Waals surface area contributed by atoms with Crippen LogP contribution in [0.1, 0.15) is 60.8 Å². The topological polar surface area (TPSA) is 36.9 Å². The fourth-order valence-electron chi connectivity index (χ4n) is 4.69. The molecule has 272 valence electrons. The van der Waals surface area contributed by atoms with Gasteiger partial charge in [0.15, 0.2) is 23.0 Å². The lowest BCUT2D eigenvalue weighted by molar-refractivity contribution is 0.252. The van der Waals surface area contributed by atoms with Crippen LogP contribution >= 0.6 is 69.9 Å². The van der Waals surface area contributed by atoms with Crippen molar-refractivity contribution in [3.63, 3.8) is 0 Å². The van der Waals surface area contributed by atoms with Crippen molar-refractivity contribution in [3.8, 4) is 23.0 Å². The lowest BCUT2D eigenvalue weighted by atomic mass is 10.2. The van der Waals surface area contributed by atoms with Crippen molar-refractivity contribution in [1.29, 1.82) is 0 Å². The molecule has 0 aliphatic heterocycles. The summed E-state index contributed by atoms with van der Waals surface area (Å²) >= 11 is 27.2. The van der Waals surface area contributed by atoms with Gasteiger partial charge in [-0.25, -0.2) is 0 Å². The van der Waals surface area contributed by atoms with E-state index in [0.717, 1.165) is 24.0 Å². The predicted octanol–water partition coefficient (Wildman–Crippen LogP) is 13.0. The highest BCUT2D eigenvalue weighted by atomic mass is 35.5. The molecule has 4 aromatic rings. The standard InChI is InChI=1S/C20H24Cl2O4.C20H24Cl2S2/c1-23-17-7-5-15(13-21)11-19(17)25-9-3-4-10-26-20-12-16(14-22)6-8-18(20)24-2;21-15-17-5-9-19(10-6-17)23-13-3-1-2-4-14-24-20-11-7-18(16-22)8-12-20/h5-8,11-12H,3-4,9-10,13-14H2,1-2H3;5-12H,1-4,13-16H2. The average molecular weight is 799 g/mol. The van der Waals surface area contributed by atoms with Crippen molar-refractivity contribution in [2.45, 2.75) is 71.8 Å². The minimum atomic E-state index is 0.442. The predicted molar refractivity (Wildman–Crippen MR) is 217 cm³/mol. The van der Waals surface area contributed by atoms with Crippen molar-refractivity contribution in [2.75, 3.05) is 38.9 Å². The third kappa shape index (κ3) is 16.1. The zero-order valence-corrected chi connectivity index (χ0v) is 33.6. The minimum Gasteiger partial charge on any atom is -0.493 e. The molecule has 4 aromatic carbocycles. The van der Waals surface area contributed by atoms with Gasteiger partial charge >= 0.3 is 0 Å². The number of halogens is 4. The van der Waals surface area contributed by atoms with Crippen molar-refractivity contribution < 1.29 is 18.9 Å². The molecule has 0 saturated carbocycles. The highest BCUT2D eigenvalue weighted by Gasteiger charge is 2.08. The Hall–Kier alpha value is -2.06. The summed E-state index contributed by atoms with van der Waals surface area (Å²) < 4.78 is 22.3. The van der Waals surface area contributed by atoms with Gasteiger partial charge in [-0.05, 0) is 108 Å². The maximum absolute atomic E-state index is 5.87. The zero-order chi connectivity index (χ0) is 35.8. The van der Waals surface area contributed by atoms with E-state index in [1.807, 2.05) is 59.9 Å². The first-order valence-corrected chi connectivity index (χ1v) is 20.9. The zero-order valence-electron chi connectivity index (χ0n) is 28.9. The van der Waals surface area contributed by atoms with Crippen LogP contribution in [0.3, 0.4) is 0 Å². The smallest absolute Gasteiger partial charge is 0.161 e. The summed E-state index contributed by atoms with van der Waals surface area (Å²) in [5.74, 6) is 7.32. The Kier molecular flexibility index (Phi) is 21.9. The third-order valence-corrected chi connectivity index (χ3v) is 11.0. The van der Waals surface area contributed by atoms with Gasteiger partial charge in [-0.15, -0.1) is 69.9 Å². The van der Waals surface area contributed by atoms with E-state index in [-0.39, 0.29) is 0 Å². The van der Waals surface area contributed by atoms with E-state index >= 15 is 0 Å². The Balaban J connectivity index is 0.000000271. The number of rotatable bonds is 22. The van der Waals surface area contributed by atoms with Gasteiger partial charge in [0.2, 0.25) is 0 Å². The summed E-state index contributed by atoms with van der Waals surface area (Å²) in [7, 11) is 3.25. The van der Waals surface area contributed by atoms with Crippen LogP contribution in [0.2, 0.25) is 0 Å². The molecule has 0 bridgehead atoms. The third-order valence-electron chi connectivity index (χ3n) is 7.55. The monoisotopic (exact) mass is 796 g/mol. The van der Waals surface area contributed by atoms with Gasteiger partial charge in [0.1, 0.15) is 0 Å². The lowest BCUT2D eigenvalue weighted by Gasteiger charge is -2.13. The van der Waals surface area contributed by atoms with E-state index in [0.29, 0.717) is 59.7 Å². The number of unbranched alkanes of at least 4 members (excludes halogenated alkanes) is 4. The van der Waals surface area contributed by atoms with Crippen LogP contribution in [0.25, 0.3) is 0 Å². The lowest BCUT2D eigenvalue weighted by Crippen LogP contribution is -2.04. The quantitative estimate of drug-likeness (QED) is 0.0448. The summed E-state index contributed by atoms with van der Waals surface area (Å²) in [6.45, 7) is 1.15. The number of thioether (sulfide) groups is 2. The maximum atomic E-state index is 5.87. The highest BCUT2D eigenvalue weighted by Crippen LogP contribution is 2.30. The van der Waals surface area contributed by atoms with Gasteiger partial charge in [0, 0.05) is 33.3 Å². The van der Waals surface area contributed by atoms with E-state index in [2.05, 4.69) is 48.5 Å². The molecular formula is C40H48Cl4O4S2. The van der Waals surface area contributed by atoms with Crippen LogP contribution < -0.4 is 18.9 Å². The fraction of sp³-hybridized carbons (Fsp3) is 0.400. The van der Waals surface area contributed by atoms with E-state index in [1.165, 1.54) is 58.1 Å². The molecule has 0 aliphatic carbocycles. The normalized spacial score (nSPS) is 10.7. The largest absolute Gasteiger partial charge is 0.493 e. The fourth-order valence-corrected chi connectivity index (χ4v) is 7.20. The molecule has 0 saturated heterocycles. The number of ether oxygens (including phenoxy) is 4. The Morgan fingerprint density at radius 1 is 0.420 bits per heavy atom. The first kappa shape index (κ1) is 42.4. The van der Waals surface area contributed by atoms with E-state index in [4.69, 9.17) is 65.4 Å². The molecule has 0 aliphatic rings. The molecule has 0 heterocycles. The van der Waals surface area contributed by atoms with E-state index in [1.54, 1.807) is 14.2 Å². The maximum Gasteiger partial charge on any atom is 0.161 e. The molecule has 0 aromatic heterocycles. The summed E-state index contributed by atoms with van der Waals surface area (Å²) in [5, 5.41) is 0. The SMILES string of the molecule is COc1ccc(CCl)cc1OCCCCOc1cc(CCl)ccc1OC.ClCc1ccc(SCCCCCCSc2ccc(CCl)cc2)cc1. The van der Waals surface area contributed by atoms with E-state index in [9.17, 15) is 0 Å². The van der Waals surface area contributed by atoms with Crippen LogP contribution in [0, 0.1) is 0 Å². The summed E-state index contributed by atoms with van der Waals surface area (Å²) in [4.78, 5) is 2.69. The van der Waals surface area contributed by atoms with Crippen molar-refractivity contribution in [3.05, 3.63) is 107 Å². The molecule has 4 rings (SSSR count). The Labute approximate surface area is 327 Å². The number of benzene rings is 4. The molecule has 10 heteroatoms. The molecule has 0 amide bonds. The molecule has 0 spiro atoms. The van der Waals surface area contributed by atoms with Crippen LogP contribution in [0.15, 0.2) is 94.7 Å². The molecule has 0 radical (unpaired) electrons. The highest BCUT2D eigenvalue weighted by molar-refractivity contribution is 7.99. The van der Waals surface area contributed by atoms with E-state index < -0.39 is 0 Å². The summed E-state index contributed by atoms with van der Waals surface area (Å²) in [6.07, 6.45) is 6.92. The Morgan fingerprint density at radius 3 is 1.12 bits per heavy atom. The second kappa shape index (κ2) is 25.8. The van der Waals surface area contributed by atoms with Crippen molar-refractivity contribution in [2.24, 2.45) is 0 Å². The number of alkyl halides is 4. The molecule has 0 unspecified atom stereocenters. The molecular weight excluding hydrogens is 750 g/mol.